The quantitative estimate of drug-likeness (QED) is 0.789. The van der Waals surface area contributed by atoms with E-state index in [9.17, 15) is 4.79 Å². The minimum absolute atomic E-state index is 0.235. The van der Waals surface area contributed by atoms with Crippen molar-refractivity contribution >= 4 is 5.91 Å². The molecule has 0 bridgehead atoms. The Kier molecular flexibility index (Phi) is 3.27. The summed E-state index contributed by atoms with van der Waals surface area (Å²) in [5, 5.41) is 3.99. The van der Waals surface area contributed by atoms with Crippen LogP contribution in [-0.4, -0.2) is 47.3 Å². The van der Waals surface area contributed by atoms with Crippen LogP contribution in [0.15, 0.2) is 4.52 Å². The number of likely N-dealkylation sites (tertiary alicyclic amines) is 1. The molecule has 0 saturated carbocycles. The van der Waals surface area contributed by atoms with Crippen molar-refractivity contribution in [1.82, 2.24) is 15.0 Å². The molecule has 98 valence electrons. The Bertz CT molecular complexity index is 426. The van der Waals surface area contributed by atoms with Crippen molar-refractivity contribution in [3.63, 3.8) is 0 Å². The van der Waals surface area contributed by atoms with Crippen LogP contribution in [0.25, 0.3) is 0 Å². The van der Waals surface area contributed by atoms with Crippen LogP contribution in [0.2, 0.25) is 0 Å². The molecule has 18 heavy (non-hydrogen) atoms. The second kappa shape index (κ2) is 5.06. The van der Waals surface area contributed by atoms with Crippen LogP contribution in [0.5, 0.6) is 0 Å². The largest absolute Gasteiger partial charge is 0.381 e. The predicted octanol–water partition coefficient (Wildman–Crippen LogP) is 0.738. The molecule has 1 aromatic heterocycles. The number of rotatable bonds is 4. The van der Waals surface area contributed by atoms with Crippen molar-refractivity contribution in [3.05, 3.63) is 11.7 Å². The molecule has 6 nitrogen and oxygen atoms in total. The van der Waals surface area contributed by atoms with Gasteiger partial charge in [-0.15, -0.1) is 0 Å². The normalized spacial score (nSPS) is 24.1. The van der Waals surface area contributed by atoms with Crippen molar-refractivity contribution in [3.8, 4) is 0 Å². The van der Waals surface area contributed by atoms with E-state index >= 15 is 0 Å². The third kappa shape index (κ3) is 2.38. The first kappa shape index (κ1) is 11.6. The average Bonchev–Trinajstić information content (AvgIpc) is 3.08. The van der Waals surface area contributed by atoms with E-state index in [4.69, 9.17) is 9.26 Å². The highest BCUT2D eigenvalue weighted by Crippen LogP contribution is 2.22. The third-order valence-electron chi connectivity index (χ3n) is 3.55. The van der Waals surface area contributed by atoms with Gasteiger partial charge in [-0.3, -0.25) is 4.79 Å². The Hall–Kier alpha value is -1.43. The standard InChI is InChI=1S/C12H17N3O3/c16-11-2-1-5-15(11)6-3-10-13-12(14-18-10)9-4-7-17-8-9/h9H,1-8H2/t9-/m0/s1. The molecular formula is C12H17N3O3. The molecule has 3 heterocycles. The summed E-state index contributed by atoms with van der Waals surface area (Å²) in [5.41, 5.74) is 0. The van der Waals surface area contributed by atoms with Gasteiger partial charge in [-0.2, -0.15) is 4.98 Å². The van der Waals surface area contributed by atoms with Gasteiger partial charge < -0.3 is 14.2 Å². The predicted molar refractivity (Wildman–Crippen MR) is 62.0 cm³/mol. The van der Waals surface area contributed by atoms with Gasteiger partial charge >= 0.3 is 0 Å². The highest BCUT2D eigenvalue weighted by molar-refractivity contribution is 5.78. The summed E-state index contributed by atoms with van der Waals surface area (Å²) in [6.07, 6.45) is 3.25. The number of carbonyl (C=O) groups excluding carboxylic acids is 1. The molecule has 2 saturated heterocycles. The van der Waals surface area contributed by atoms with E-state index in [1.807, 2.05) is 4.90 Å². The molecule has 3 rings (SSSR count). The first-order valence-electron chi connectivity index (χ1n) is 6.51. The number of nitrogens with zero attached hydrogens (tertiary/aromatic N) is 3. The zero-order chi connectivity index (χ0) is 12.4. The number of amides is 1. The number of carbonyl (C=O) groups is 1. The SMILES string of the molecule is O=C1CCCN1CCc1nc([C@H]2CCOC2)no1. The van der Waals surface area contributed by atoms with Crippen LogP contribution in [-0.2, 0) is 16.0 Å². The molecular weight excluding hydrogens is 234 g/mol. The summed E-state index contributed by atoms with van der Waals surface area (Å²) in [4.78, 5) is 17.7. The second-order valence-electron chi connectivity index (χ2n) is 4.84. The Labute approximate surface area is 105 Å². The van der Waals surface area contributed by atoms with Gasteiger partial charge in [-0.05, 0) is 12.8 Å². The van der Waals surface area contributed by atoms with Gasteiger partial charge in [0.2, 0.25) is 11.8 Å². The lowest BCUT2D eigenvalue weighted by Gasteiger charge is -2.13. The summed E-state index contributed by atoms with van der Waals surface area (Å²) >= 11 is 0. The van der Waals surface area contributed by atoms with Gasteiger partial charge in [-0.25, -0.2) is 0 Å². The Morgan fingerprint density at radius 2 is 2.39 bits per heavy atom. The van der Waals surface area contributed by atoms with E-state index in [-0.39, 0.29) is 11.8 Å². The van der Waals surface area contributed by atoms with E-state index < -0.39 is 0 Å². The lowest BCUT2D eigenvalue weighted by molar-refractivity contribution is -0.127. The summed E-state index contributed by atoms with van der Waals surface area (Å²) in [5.74, 6) is 1.88. The monoisotopic (exact) mass is 251 g/mol. The lowest BCUT2D eigenvalue weighted by atomic mass is 10.1. The topological polar surface area (TPSA) is 68.5 Å². The second-order valence-corrected chi connectivity index (χ2v) is 4.84. The van der Waals surface area contributed by atoms with E-state index in [0.717, 1.165) is 31.8 Å². The minimum Gasteiger partial charge on any atom is -0.381 e. The molecule has 0 aromatic carbocycles. The summed E-state index contributed by atoms with van der Waals surface area (Å²) in [6.45, 7) is 3.00. The number of hydrogen-bond acceptors (Lipinski definition) is 5. The zero-order valence-corrected chi connectivity index (χ0v) is 10.3. The van der Waals surface area contributed by atoms with Crippen LogP contribution in [0.4, 0.5) is 0 Å². The van der Waals surface area contributed by atoms with Crippen molar-refractivity contribution in [1.29, 1.82) is 0 Å². The van der Waals surface area contributed by atoms with Crippen molar-refractivity contribution in [2.75, 3.05) is 26.3 Å². The van der Waals surface area contributed by atoms with Gasteiger partial charge in [0, 0.05) is 38.5 Å². The van der Waals surface area contributed by atoms with Crippen LogP contribution in [0, 0.1) is 0 Å². The van der Waals surface area contributed by atoms with E-state index in [1.165, 1.54) is 0 Å². The first-order chi connectivity index (χ1) is 8.83. The van der Waals surface area contributed by atoms with Crippen molar-refractivity contribution in [2.24, 2.45) is 0 Å². The third-order valence-corrected chi connectivity index (χ3v) is 3.55. The van der Waals surface area contributed by atoms with Crippen LogP contribution >= 0.6 is 0 Å². The van der Waals surface area contributed by atoms with Crippen LogP contribution in [0.1, 0.15) is 36.9 Å². The molecule has 0 radical (unpaired) electrons. The highest BCUT2D eigenvalue weighted by Gasteiger charge is 2.24. The summed E-state index contributed by atoms with van der Waals surface area (Å²) in [7, 11) is 0. The lowest BCUT2D eigenvalue weighted by Crippen LogP contribution is -2.26. The fourth-order valence-electron chi connectivity index (χ4n) is 2.44. The molecule has 1 aromatic rings. The molecule has 2 aliphatic rings. The van der Waals surface area contributed by atoms with E-state index in [1.54, 1.807) is 0 Å². The molecule has 6 heteroatoms. The fraction of sp³-hybridized carbons (Fsp3) is 0.750. The number of hydrogen-bond donors (Lipinski definition) is 0. The van der Waals surface area contributed by atoms with Crippen molar-refractivity contribution < 1.29 is 14.1 Å². The first-order valence-corrected chi connectivity index (χ1v) is 6.51. The highest BCUT2D eigenvalue weighted by atomic mass is 16.5. The molecule has 0 aliphatic carbocycles. The Morgan fingerprint density at radius 1 is 1.44 bits per heavy atom. The molecule has 0 unspecified atom stereocenters. The van der Waals surface area contributed by atoms with Gasteiger partial charge in [0.05, 0.1) is 6.61 Å². The molecule has 0 spiro atoms. The summed E-state index contributed by atoms with van der Waals surface area (Å²) in [6, 6.07) is 0. The van der Waals surface area contributed by atoms with Crippen LogP contribution in [0.3, 0.4) is 0 Å². The Morgan fingerprint density at radius 3 is 3.11 bits per heavy atom. The molecule has 1 amide bonds. The maximum atomic E-state index is 11.5. The maximum absolute atomic E-state index is 11.5. The molecule has 1 atom stereocenters. The molecule has 0 N–H and O–H groups in total. The van der Waals surface area contributed by atoms with Gasteiger partial charge in [0.15, 0.2) is 5.82 Å². The number of ether oxygens (including phenoxy) is 1. The minimum atomic E-state index is 0.235. The number of aromatic nitrogens is 2. The van der Waals surface area contributed by atoms with Gasteiger partial charge in [0.1, 0.15) is 0 Å². The maximum Gasteiger partial charge on any atom is 0.228 e. The smallest absolute Gasteiger partial charge is 0.228 e. The van der Waals surface area contributed by atoms with Crippen LogP contribution < -0.4 is 0 Å². The van der Waals surface area contributed by atoms with Gasteiger partial charge in [-0.1, -0.05) is 5.16 Å². The van der Waals surface area contributed by atoms with Crippen molar-refractivity contribution in [2.45, 2.75) is 31.6 Å². The Balaban J connectivity index is 1.55. The van der Waals surface area contributed by atoms with E-state index in [0.29, 0.717) is 31.9 Å². The fourth-order valence-corrected chi connectivity index (χ4v) is 2.44. The zero-order valence-electron chi connectivity index (χ0n) is 10.3. The van der Waals surface area contributed by atoms with E-state index in [2.05, 4.69) is 10.1 Å². The van der Waals surface area contributed by atoms with Gasteiger partial charge in [0.25, 0.3) is 0 Å². The average molecular weight is 251 g/mol. The summed E-state index contributed by atoms with van der Waals surface area (Å²) < 4.78 is 10.5. The molecule has 2 aliphatic heterocycles. The molecule has 2 fully saturated rings.